The van der Waals surface area contributed by atoms with E-state index in [-0.39, 0.29) is 11.5 Å². The van der Waals surface area contributed by atoms with Crippen LogP contribution in [0.3, 0.4) is 0 Å². The van der Waals surface area contributed by atoms with Crippen LogP contribution < -0.4 is 4.72 Å². The number of hydrogen-bond donors (Lipinski definition) is 2. The van der Waals surface area contributed by atoms with Gasteiger partial charge in [0.15, 0.2) is 0 Å². The molecule has 0 atom stereocenters. The SMILES string of the molecule is CCCC(C)(C)NS(=O)(=O)c1cc(CO)n(CC)c1. The van der Waals surface area contributed by atoms with Crippen LogP contribution in [0.15, 0.2) is 17.2 Å². The summed E-state index contributed by atoms with van der Waals surface area (Å²) in [7, 11) is -3.54. The average molecular weight is 288 g/mol. The minimum Gasteiger partial charge on any atom is -0.390 e. The van der Waals surface area contributed by atoms with Gasteiger partial charge in [-0.25, -0.2) is 13.1 Å². The van der Waals surface area contributed by atoms with Gasteiger partial charge in [0.25, 0.3) is 0 Å². The van der Waals surface area contributed by atoms with Gasteiger partial charge in [-0.1, -0.05) is 13.3 Å². The lowest BCUT2D eigenvalue weighted by Gasteiger charge is -2.25. The maximum Gasteiger partial charge on any atom is 0.242 e. The highest BCUT2D eigenvalue weighted by molar-refractivity contribution is 7.89. The number of aryl methyl sites for hydroxylation is 1. The molecule has 0 aromatic carbocycles. The summed E-state index contributed by atoms with van der Waals surface area (Å²) in [5.41, 5.74) is 0.137. The summed E-state index contributed by atoms with van der Waals surface area (Å²) >= 11 is 0. The molecule has 5 nitrogen and oxygen atoms in total. The fourth-order valence-electron chi connectivity index (χ4n) is 2.20. The van der Waals surface area contributed by atoms with E-state index in [1.165, 1.54) is 6.07 Å². The molecule has 0 saturated carbocycles. The van der Waals surface area contributed by atoms with Gasteiger partial charge in [-0.05, 0) is 33.3 Å². The molecular weight excluding hydrogens is 264 g/mol. The Labute approximate surface area is 115 Å². The molecule has 0 saturated heterocycles. The van der Waals surface area contributed by atoms with Crippen molar-refractivity contribution in [1.29, 1.82) is 0 Å². The van der Waals surface area contributed by atoms with E-state index in [0.29, 0.717) is 12.2 Å². The van der Waals surface area contributed by atoms with Crippen LogP contribution >= 0.6 is 0 Å². The first kappa shape index (κ1) is 16.2. The molecule has 0 spiro atoms. The van der Waals surface area contributed by atoms with Crippen molar-refractivity contribution in [3.8, 4) is 0 Å². The zero-order valence-corrected chi connectivity index (χ0v) is 12.9. The smallest absolute Gasteiger partial charge is 0.242 e. The summed E-state index contributed by atoms with van der Waals surface area (Å²) in [5, 5.41) is 9.21. The van der Waals surface area contributed by atoms with E-state index in [4.69, 9.17) is 0 Å². The molecule has 6 heteroatoms. The fourth-order valence-corrected chi connectivity index (χ4v) is 3.70. The molecule has 0 aliphatic carbocycles. The molecule has 0 radical (unpaired) electrons. The van der Waals surface area contributed by atoms with Crippen LogP contribution in [-0.4, -0.2) is 23.6 Å². The summed E-state index contributed by atoms with van der Waals surface area (Å²) in [4.78, 5) is 0.211. The Balaban J connectivity index is 3.04. The second-order valence-corrected chi connectivity index (χ2v) is 7.03. The molecule has 0 fully saturated rings. The highest BCUT2D eigenvalue weighted by Crippen LogP contribution is 2.19. The van der Waals surface area contributed by atoms with Gasteiger partial charge in [-0.3, -0.25) is 0 Å². The first-order valence-corrected chi connectivity index (χ1v) is 8.08. The Morgan fingerprint density at radius 2 is 2.00 bits per heavy atom. The van der Waals surface area contributed by atoms with E-state index in [1.807, 2.05) is 27.7 Å². The third-order valence-electron chi connectivity index (χ3n) is 3.06. The maximum atomic E-state index is 12.3. The Hall–Kier alpha value is -0.850. The van der Waals surface area contributed by atoms with Crippen molar-refractivity contribution in [3.63, 3.8) is 0 Å². The van der Waals surface area contributed by atoms with Crippen molar-refractivity contribution in [2.75, 3.05) is 0 Å². The number of aliphatic hydroxyl groups excluding tert-OH is 1. The van der Waals surface area contributed by atoms with Gasteiger partial charge in [-0.15, -0.1) is 0 Å². The molecule has 0 unspecified atom stereocenters. The molecule has 0 bridgehead atoms. The molecule has 0 aliphatic rings. The maximum absolute atomic E-state index is 12.3. The van der Waals surface area contributed by atoms with Crippen LogP contribution in [0.1, 0.15) is 46.2 Å². The molecule has 1 heterocycles. The van der Waals surface area contributed by atoms with E-state index in [9.17, 15) is 13.5 Å². The summed E-state index contributed by atoms with van der Waals surface area (Å²) in [5.74, 6) is 0. The fraction of sp³-hybridized carbons (Fsp3) is 0.692. The van der Waals surface area contributed by atoms with E-state index in [1.54, 1.807) is 10.8 Å². The van der Waals surface area contributed by atoms with Crippen LogP contribution in [0.25, 0.3) is 0 Å². The molecular formula is C13H24N2O3S. The topological polar surface area (TPSA) is 71.3 Å². The van der Waals surface area contributed by atoms with E-state index in [0.717, 1.165) is 12.8 Å². The summed E-state index contributed by atoms with van der Waals surface area (Å²) in [6.07, 6.45) is 3.25. The van der Waals surface area contributed by atoms with Crippen molar-refractivity contribution < 1.29 is 13.5 Å². The average Bonchev–Trinajstić information content (AvgIpc) is 2.70. The summed E-state index contributed by atoms with van der Waals surface area (Å²) in [6.45, 7) is 8.14. The molecule has 2 N–H and O–H groups in total. The van der Waals surface area contributed by atoms with Gasteiger partial charge in [0, 0.05) is 24.0 Å². The lowest BCUT2D eigenvalue weighted by atomic mass is 10.0. The predicted octanol–water partition coefficient (Wildman–Crippen LogP) is 1.86. The number of nitrogens with zero attached hydrogens (tertiary/aromatic N) is 1. The van der Waals surface area contributed by atoms with Crippen LogP contribution in [-0.2, 0) is 23.2 Å². The molecule has 1 aromatic rings. The predicted molar refractivity (Wildman–Crippen MR) is 75.3 cm³/mol. The third-order valence-corrected chi connectivity index (χ3v) is 4.72. The quantitative estimate of drug-likeness (QED) is 0.804. The highest BCUT2D eigenvalue weighted by Gasteiger charge is 2.26. The number of hydrogen-bond acceptors (Lipinski definition) is 3. The van der Waals surface area contributed by atoms with Gasteiger partial charge < -0.3 is 9.67 Å². The largest absolute Gasteiger partial charge is 0.390 e. The summed E-state index contributed by atoms with van der Waals surface area (Å²) < 4.78 is 29.1. The van der Waals surface area contributed by atoms with Gasteiger partial charge in [0.2, 0.25) is 10.0 Å². The normalized spacial score (nSPS) is 12.9. The highest BCUT2D eigenvalue weighted by atomic mass is 32.2. The van der Waals surface area contributed by atoms with Crippen molar-refractivity contribution in [2.45, 2.75) is 64.1 Å². The van der Waals surface area contributed by atoms with E-state index in [2.05, 4.69) is 4.72 Å². The Kier molecular flexibility index (Phi) is 5.18. The molecule has 0 amide bonds. The lowest BCUT2D eigenvalue weighted by Crippen LogP contribution is -2.43. The van der Waals surface area contributed by atoms with E-state index < -0.39 is 15.6 Å². The van der Waals surface area contributed by atoms with Crippen molar-refractivity contribution >= 4 is 10.0 Å². The first-order chi connectivity index (χ1) is 8.75. The number of rotatable bonds is 7. The van der Waals surface area contributed by atoms with E-state index >= 15 is 0 Å². The number of aliphatic hydroxyl groups is 1. The summed E-state index contributed by atoms with van der Waals surface area (Å²) in [6, 6.07) is 1.52. The molecule has 1 aromatic heterocycles. The van der Waals surface area contributed by atoms with Crippen LogP contribution in [0.4, 0.5) is 0 Å². The van der Waals surface area contributed by atoms with Crippen LogP contribution in [0, 0.1) is 0 Å². The molecule has 19 heavy (non-hydrogen) atoms. The second-order valence-electron chi connectivity index (χ2n) is 5.35. The molecule has 1 rings (SSSR count). The van der Waals surface area contributed by atoms with Gasteiger partial charge in [-0.2, -0.15) is 0 Å². The monoisotopic (exact) mass is 288 g/mol. The Bertz CT molecular complexity index is 496. The van der Waals surface area contributed by atoms with Crippen molar-refractivity contribution in [3.05, 3.63) is 18.0 Å². The molecule has 0 aliphatic heterocycles. The Morgan fingerprint density at radius 3 is 2.42 bits per heavy atom. The lowest BCUT2D eigenvalue weighted by molar-refractivity contribution is 0.271. The van der Waals surface area contributed by atoms with Crippen molar-refractivity contribution in [2.24, 2.45) is 0 Å². The number of aromatic nitrogens is 1. The van der Waals surface area contributed by atoms with Crippen LogP contribution in [0.2, 0.25) is 0 Å². The minimum absolute atomic E-state index is 0.165. The molecule has 110 valence electrons. The first-order valence-electron chi connectivity index (χ1n) is 6.59. The van der Waals surface area contributed by atoms with Crippen molar-refractivity contribution in [1.82, 2.24) is 9.29 Å². The minimum atomic E-state index is -3.54. The van der Waals surface area contributed by atoms with Crippen LogP contribution in [0.5, 0.6) is 0 Å². The van der Waals surface area contributed by atoms with Gasteiger partial charge in [0.05, 0.1) is 11.5 Å². The zero-order valence-electron chi connectivity index (χ0n) is 12.1. The van der Waals surface area contributed by atoms with Gasteiger partial charge in [0.1, 0.15) is 0 Å². The standard InChI is InChI=1S/C13H24N2O3S/c1-5-7-13(3,4)14-19(17,18)12-8-11(10-16)15(6-2)9-12/h8-9,14,16H,5-7,10H2,1-4H3. The Morgan fingerprint density at radius 1 is 1.37 bits per heavy atom. The van der Waals surface area contributed by atoms with Gasteiger partial charge >= 0.3 is 0 Å². The second kappa shape index (κ2) is 6.07. The number of nitrogens with one attached hydrogen (secondary N) is 1. The number of sulfonamides is 1. The zero-order chi connectivity index (χ0) is 14.7. The third kappa shape index (κ3) is 4.06.